The Hall–Kier alpha value is -0.860. The second-order valence-electron chi connectivity index (χ2n) is 2.13. The van der Waals surface area contributed by atoms with Crippen molar-refractivity contribution in [3.05, 3.63) is 0 Å². The van der Waals surface area contributed by atoms with Crippen molar-refractivity contribution in [2.75, 3.05) is 0 Å². The third-order valence-corrected chi connectivity index (χ3v) is 0.661. The fraction of sp³-hybridized carbons (Fsp3) is 0.818. The summed E-state index contributed by atoms with van der Waals surface area (Å²) in [6, 6.07) is 0. The molecule has 14 heavy (non-hydrogen) atoms. The summed E-state index contributed by atoms with van der Waals surface area (Å²) in [5, 5.41) is 8.75. The highest BCUT2D eigenvalue weighted by atomic mass is 16.4. The maximum atomic E-state index is 11.8. The highest BCUT2D eigenvalue weighted by Crippen LogP contribution is 2.12. The molecule has 0 heterocycles. The van der Waals surface area contributed by atoms with E-state index < -0.39 is 70.5 Å². The smallest absolute Gasteiger partial charge is 0.308 e. The van der Waals surface area contributed by atoms with Crippen LogP contribution in [-0.2, 0) is 9.59 Å². The molecule has 0 aliphatic carbocycles. The van der Waals surface area contributed by atoms with Gasteiger partial charge >= 0.3 is 5.97 Å². The van der Waals surface area contributed by atoms with Crippen LogP contribution < -0.4 is 0 Å². The van der Waals surface area contributed by atoms with Crippen molar-refractivity contribution in [3.63, 3.8) is 0 Å². The van der Waals surface area contributed by atoms with Crippen LogP contribution in [0.4, 0.5) is 0 Å². The van der Waals surface area contributed by atoms with E-state index in [1.807, 2.05) is 0 Å². The normalized spacial score (nSPS) is 39.9. The number of Topliss-reactive ketones (excluding diaryl/α,β-unsaturated/α-hetero) is 1. The number of aliphatic carboxylic acids is 1. The molecule has 0 atom stereocenters. The molecule has 0 aromatic heterocycles. The van der Waals surface area contributed by atoms with Crippen molar-refractivity contribution in [3.8, 4) is 0 Å². The standard InChI is InChI=1S/C6H12O.C5H10O2/c1-5(7)6(2,3)4;1-5(2,3)4(6)7/h1-4H3;1-3H3,(H,6,7)/i1D3,2D3,3D3,4D3;1D3,2D3,3D3. The summed E-state index contributed by atoms with van der Waals surface area (Å²) in [5.41, 5.74) is -7.72. The Morgan fingerprint density at radius 3 is 1.50 bits per heavy atom. The van der Waals surface area contributed by atoms with E-state index in [2.05, 4.69) is 0 Å². The molecule has 0 aliphatic heterocycles. The van der Waals surface area contributed by atoms with Gasteiger partial charge in [-0.1, -0.05) is 20.6 Å². The van der Waals surface area contributed by atoms with Gasteiger partial charge in [-0.2, -0.15) is 0 Å². The monoisotopic (exact) mass is 223 g/mol. The van der Waals surface area contributed by atoms with Gasteiger partial charge in [-0.25, -0.2) is 0 Å². The second kappa shape index (κ2) is 5.13. The van der Waals surface area contributed by atoms with Gasteiger partial charge in [0.25, 0.3) is 0 Å². The zero-order chi connectivity index (χ0) is 29.7. The average molecular weight is 223 g/mol. The predicted octanol–water partition coefficient (Wildman–Crippen LogP) is 2.74. The van der Waals surface area contributed by atoms with E-state index in [0.717, 1.165) is 0 Å². The van der Waals surface area contributed by atoms with Gasteiger partial charge in [0.05, 0.1) is 5.41 Å². The molecule has 0 radical (unpaired) electrons. The van der Waals surface area contributed by atoms with E-state index in [4.69, 9.17) is 33.9 Å². The molecular formula is C11H22O3. The zero-order valence-electron chi connectivity index (χ0n) is 27.8. The molecule has 0 saturated heterocycles. The molecular weight excluding hydrogens is 180 g/mol. The number of carboxylic acids is 1. The van der Waals surface area contributed by atoms with E-state index in [1.165, 1.54) is 0 Å². The Balaban J connectivity index is 0. The summed E-state index contributed by atoms with van der Waals surface area (Å²) in [7, 11) is 0. The number of carbonyl (C=O) groups is 2. The third-order valence-electron chi connectivity index (χ3n) is 0.661. The van der Waals surface area contributed by atoms with Crippen LogP contribution in [0.25, 0.3) is 0 Å². The largest absolute Gasteiger partial charge is 0.481 e. The molecule has 1 N–H and O–H groups in total. The maximum absolute atomic E-state index is 11.8. The highest BCUT2D eigenvalue weighted by molar-refractivity contribution is 5.80. The van der Waals surface area contributed by atoms with Crippen LogP contribution in [0.5, 0.6) is 0 Å². The molecule has 0 fully saturated rings. The fourth-order valence-corrected chi connectivity index (χ4v) is 0. The first-order valence-corrected chi connectivity index (χ1v) is 2.88. The summed E-state index contributed by atoms with van der Waals surface area (Å²) in [6.45, 7) is -26.1. The van der Waals surface area contributed by atoms with Gasteiger partial charge in [-0.3, -0.25) is 9.59 Å². The minimum absolute atomic E-state index is 2.31. The molecule has 0 saturated carbocycles. The molecule has 3 heteroatoms. The van der Waals surface area contributed by atoms with E-state index in [-0.39, 0.29) is 0 Å². The average Bonchev–Trinajstić information content (AvgIpc) is 2.36. The lowest BCUT2D eigenvalue weighted by Crippen LogP contribution is -2.18. The Morgan fingerprint density at radius 1 is 1.00 bits per heavy atom. The summed E-state index contributed by atoms with van der Waals surface area (Å²) in [6.07, 6.45) is 0. The lowest BCUT2D eigenvalue weighted by atomic mass is 9.92. The Kier molecular flexibility index (Phi) is 0.687. The molecule has 3 nitrogen and oxygen atoms in total. The first-order valence-electron chi connectivity index (χ1n) is 13.4. The van der Waals surface area contributed by atoms with Crippen molar-refractivity contribution in [2.45, 2.75) is 48.0 Å². The number of hydrogen-bond donors (Lipinski definition) is 1. The molecule has 84 valence electrons. The molecule has 0 aromatic carbocycles. The molecule has 0 aliphatic rings. The highest BCUT2D eigenvalue weighted by Gasteiger charge is 2.18. The minimum Gasteiger partial charge on any atom is -0.481 e. The number of rotatable bonds is 0. The van der Waals surface area contributed by atoms with Gasteiger partial charge < -0.3 is 5.11 Å². The van der Waals surface area contributed by atoms with Gasteiger partial charge in [0.2, 0.25) is 0 Å². The van der Waals surface area contributed by atoms with Crippen LogP contribution in [0.15, 0.2) is 0 Å². The molecule has 0 spiro atoms. The Morgan fingerprint density at radius 2 is 1.43 bits per heavy atom. The number of hydrogen-bond acceptors (Lipinski definition) is 2. The van der Waals surface area contributed by atoms with Crippen molar-refractivity contribution in [1.29, 1.82) is 0 Å². The number of ketones is 1. The minimum atomic E-state index is -3.95. The van der Waals surface area contributed by atoms with Crippen LogP contribution in [0.3, 0.4) is 0 Å². The van der Waals surface area contributed by atoms with Crippen LogP contribution >= 0.6 is 0 Å². The predicted molar refractivity (Wildman–Crippen MR) is 57.2 cm³/mol. The van der Waals surface area contributed by atoms with Crippen LogP contribution in [-0.4, -0.2) is 16.9 Å². The zero-order valence-corrected chi connectivity index (χ0v) is 6.76. The molecule has 0 aromatic rings. The van der Waals surface area contributed by atoms with Crippen molar-refractivity contribution >= 4 is 11.8 Å². The van der Waals surface area contributed by atoms with Gasteiger partial charge in [0.1, 0.15) is 5.78 Å². The van der Waals surface area contributed by atoms with Gasteiger partial charge in [-0.05, 0) is 27.4 Å². The first kappa shape index (κ1) is 1.87. The maximum Gasteiger partial charge on any atom is 0.308 e. The number of carboxylic acid groups (broad SMARTS) is 1. The molecule has 0 bridgehead atoms. The quantitative estimate of drug-likeness (QED) is 0.687. The summed E-state index contributed by atoms with van der Waals surface area (Å²) in [4.78, 5) is 22.7. The Bertz CT molecular complexity index is 692. The first-order chi connectivity index (χ1) is 14.6. The SMILES string of the molecule is [2H]C([2H])([2H])C(=O)C(C([2H])([2H])[2H])(C([2H])([2H])[2H])C([2H])([2H])[2H].[2H]C([2H])([2H])C(C(=O)O)(C([2H])([2H])[2H])C([2H])([2H])[2H]. The third kappa shape index (κ3) is 9.23. The topological polar surface area (TPSA) is 54.4 Å². The fourth-order valence-electron chi connectivity index (χ4n) is 0. The van der Waals surface area contributed by atoms with Crippen LogP contribution in [0, 0.1) is 10.8 Å². The summed E-state index contributed by atoms with van der Waals surface area (Å²) in [5.74, 6) is -4.69. The number of carbonyl (C=O) groups excluding carboxylic acids is 1. The summed E-state index contributed by atoms with van der Waals surface area (Å²) < 4.78 is 147. The molecule has 0 unspecified atom stereocenters. The second-order valence-corrected chi connectivity index (χ2v) is 2.13. The van der Waals surface area contributed by atoms with Crippen LogP contribution in [0.1, 0.15) is 76.7 Å². The van der Waals surface area contributed by atoms with Crippen LogP contribution in [0.2, 0.25) is 0 Å². The van der Waals surface area contributed by atoms with Gasteiger partial charge in [-0.15, -0.1) is 0 Å². The van der Waals surface area contributed by atoms with E-state index in [0.29, 0.717) is 0 Å². The molecule has 0 amide bonds. The van der Waals surface area contributed by atoms with E-state index in [9.17, 15) is 9.59 Å². The van der Waals surface area contributed by atoms with Gasteiger partial charge in [0.15, 0.2) is 0 Å². The van der Waals surface area contributed by atoms with E-state index >= 15 is 0 Å². The van der Waals surface area contributed by atoms with Gasteiger partial charge in [0, 0.05) is 34.2 Å². The lowest BCUT2D eigenvalue weighted by molar-refractivity contribution is -0.145. The summed E-state index contributed by atoms with van der Waals surface area (Å²) >= 11 is 0. The van der Waals surface area contributed by atoms with Crippen molar-refractivity contribution in [2.24, 2.45) is 10.8 Å². The Labute approximate surface area is 116 Å². The van der Waals surface area contributed by atoms with Crippen molar-refractivity contribution in [1.82, 2.24) is 0 Å². The van der Waals surface area contributed by atoms with Crippen molar-refractivity contribution < 1.29 is 43.5 Å². The molecule has 0 rings (SSSR count). The van der Waals surface area contributed by atoms with E-state index in [1.54, 1.807) is 0 Å². The lowest BCUT2D eigenvalue weighted by Gasteiger charge is -2.11.